The monoisotopic (exact) mass is 225 g/mol. The van der Waals surface area contributed by atoms with Gasteiger partial charge in [-0.15, -0.1) is 0 Å². The molecule has 0 unspecified atom stereocenters. The van der Waals surface area contributed by atoms with E-state index in [2.05, 4.69) is 5.10 Å². The van der Waals surface area contributed by atoms with Gasteiger partial charge in [-0.25, -0.2) is 0 Å². The van der Waals surface area contributed by atoms with E-state index < -0.39 is 5.97 Å². The Hall–Kier alpha value is -1.85. The van der Waals surface area contributed by atoms with Crippen molar-refractivity contribution in [2.75, 3.05) is 13.1 Å². The third-order valence-electron chi connectivity index (χ3n) is 2.21. The number of aliphatic carboxylic acids is 1. The molecule has 6 nitrogen and oxygen atoms in total. The molecule has 0 aliphatic carbocycles. The zero-order valence-electron chi connectivity index (χ0n) is 9.38. The molecule has 1 N–H and O–H groups in total. The third-order valence-corrected chi connectivity index (χ3v) is 2.21. The van der Waals surface area contributed by atoms with Gasteiger partial charge in [0, 0.05) is 19.3 Å². The lowest BCUT2D eigenvalue weighted by Crippen LogP contribution is -2.30. The molecule has 0 radical (unpaired) electrons. The Morgan fingerprint density at radius 2 is 2.06 bits per heavy atom. The van der Waals surface area contributed by atoms with Gasteiger partial charge < -0.3 is 10.0 Å². The molecular formula is C10H15N3O3. The van der Waals surface area contributed by atoms with Crippen LogP contribution in [0, 0.1) is 0 Å². The van der Waals surface area contributed by atoms with E-state index in [9.17, 15) is 9.59 Å². The summed E-state index contributed by atoms with van der Waals surface area (Å²) in [4.78, 5) is 23.9. The molecule has 0 bridgehead atoms. The van der Waals surface area contributed by atoms with Crippen molar-refractivity contribution in [3.8, 4) is 0 Å². The molecule has 0 aliphatic rings. The molecule has 1 aromatic heterocycles. The molecule has 0 aromatic carbocycles. The van der Waals surface area contributed by atoms with E-state index in [1.807, 2.05) is 13.8 Å². The van der Waals surface area contributed by atoms with Crippen LogP contribution >= 0.6 is 0 Å². The number of carboxylic acids is 1. The van der Waals surface area contributed by atoms with Gasteiger partial charge in [-0.1, -0.05) is 0 Å². The number of aromatic nitrogens is 2. The molecule has 6 heteroatoms. The summed E-state index contributed by atoms with van der Waals surface area (Å²) >= 11 is 0. The van der Waals surface area contributed by atoms with E-state index in [4.69, 9.17) is 5.11 Å². The number of carbonyl (C=O) groups is 2. The van der Waals surface area contributed by atoms with Crippen molar-refractivity contribution in [1.82, 2.24) is 14.7 Å². The summed E-state index contributed by atoms with van der Waals surface area (Å²) in [7, 11) is 0. The van der Waals surface area contributed by atoms with Gasteiger partial charge in [0.25, 0.3) is 5.91 Å². The summed E-state index contributed by atoms with van der Waals surface area (Å²) in [6.07, 6.45) is 1.49. The lowest BCUT2D eigenvalue weighted by atomic mass is 10.3. The Morgan fingerprint density at radius 3 is 2.56 bits per heavy atom. The first-order chi connectivity index (χ1) is 7.58. The van der Waals surface area contributed by atoms with Crippen LogP contribution in [0.1, 0.15) is 24.3 Å². The van der Waals surface area contributed by atoms with Crippen molar-refractivity contribution in [2.45, 2.75) is 20.4 Å². The number of nitrogens with zero attached hydrogens (tertiary/aromatic N) is 3. The molecule has 1 rings (SSSR count). The summed E-state index contributed by atoms with van der Waals surface area (Å²) < 4.78 is 1.24. The van der Waals surface area contributed by atoms with Gasteiger partial charge in [0.15, 0.2) is 0 Å². The Balaban J connectivity index is 2.77. The van der Waals surface area contributed by atoms with Crippen LogP contribution in [0.2, 0.25) is 0 Å². The van der Waals surface area contributed by atoms with Crippen molar-refractivity contribution in [3.05, 3.63) is 18.0 Å². The average molecular weight is 225 g/mol. The Morgan fingerprint density at radius 1 is 1.44 bits per heavy atom. The van der Waals surface area contributed by atoms with Crippen LogP contribution in [0.25, 0.3) is 0 Å². The topological polar surface area (TPSA) is 75.4 Å². The number of carbonyl (C=O) groups excluding carboxylic acids is 1. The van der Waals surface area contributed by atoms with Crippen molar-refractivity contribution < 1.29 is 14.7 Å². The van der Waals surface area contributed by atoms with E-state index in [0.717, 1.165) is 0 Å². The highest BCUT2D eigenvalue weighted by Crippen LogP contribution is 2.02. The van der Waals surface area contributed by atoms with Gasteiger partial charge in [-0.3, -0.25) is 14.3 Å². The van der Waals surface area contributed by atoms with Crippen molar-refractivity contribution in [2.24, 2.45) is 0 Å². The van der Waals surface area contributed by atoms with Crippen molar-refractivity contribution in [1.29, 1.82) is 0 Å². The fourth-order valence-corrected chi connectivity index (χ4v) is 1.38. The molecule has 0 atom stereocenters. The first-order valence-electron chi connectivity index (χ1n) is 5.13. The van der Waals surface area contributed by atoms with E-state index >= 15 is 0 Å². The zero-order chi connectivity index (χ0) is 12.1. The van der Waals surface area contributed by atoms with E-state index in [-0.39, 0.29) is 18.1 Å². The highest BCUT2D eigenvalue weighted by atomic mass is 16.4. The summed E-state index contributed by atoms with van der Waals surface area (Å²) in [6, 6.07) is 1.53. The summed E-state index contributed by atoms with van der Waals surface area (Å²) in [5.74, 6) is -1.15. The Labute approximate surface area is 93.5 Å². The molecule has 0 aliphatic heterocycles. The minimum atomic E-state index is -0.982. The maximum atomic E-state index is 11.8. The van der Waals surface area contributed by atoms with E-state index in [0.29, 0.717) is 13.1 Å². The van der Waals surface area contributed by atoms with Gasteiger partial charge in [-0.2, -0.15) is 5.10 Å². The minimum Gasteiger partial charge on any atom is -0.480 e. The quantitative estimate of drug-likeness (QED) is 0.789. The van der Waals surface area contributed by atoms with Gasteiger partial charge in [0.1, 0.15) is 12.2 Å². The van der Waals surface area contributed by atoms with Gasteiger partial charge in [-0.05, 0) is 19.9 Å². The standard InChI is InChI=1S/C10H15N3O3/c1-3-12(4-2)10(16)8-5-6-13(11-8)7-9(14)15/h5-6H,3-4,7H2,1-2H3,(H,14,15). The minimum absolute atomic E-state index is 0.172. The molecule has 16 heavy (non-hydrogen) atoms. The molecule has 1 heterocycles. The first kappa shape index (κ1) is 12.2. The van der Waals surface area contributed by atoms with Gasteiger partial charge >= 0.3 is 5.97 Å². The van der Waals surface area contributed by atoms with Gasteiger partial charge in [0.2, 0.25) is 0 Å². The van der Waals surface area contributed by atoms with Crippen LogP contribution in [0.3, 0.4) is 0 Å². The van der Waals surface area contributed by atoms with E-state index in [1.54, 1.807) is 4.90 Å². The summed E-state index contributed by atoms with van der Waals surface area (Å²) in [6.45, 7) is 4.76. The van der Waals surface area contributed by atoms with Crippen LogP contribution in [-0.2, 0) is 11.3 Å². The maximum absolute atomic E-state index is 11.8. The molecular weight excluding hydrogens is 210 g/mol. The number of carboxylic acid groups (broad SMARTS) is 1. The second-order valence-electron chi connectivity index (χ2n) is 3.27. The van der Waals surface area contributed by atoms with Crippen LogP contribution in [0.15, 0.2) is 12.3 Å². The lowest BCUT2D eigenvalue weighted by Gasteiger charge is -2.16. The second kappa shape index (κ2) is 5.29. The SMILES string of the molecule is CCN(CC)C(=O)c1ccn(CC(=O)O)n1. The van der Waals surface area contributed by atoms with E-state index in [1.165, 1.54) is 16.9 Å². The molecule has 1 amide bonds. The molecule has 0 saturated carbocycles. The van der Waals surface area contributed by atoms with Crippen molar-refractivity contribution >= 4 is 11.9 Å². The number of rotatable bonds is 5. The number of hydrogen-bond donors (Lipinski definition) is 1. The third kappa shape index (κ3) is 2.82. The molecule has 0 saturated heterocycles. The predicted octanol–water partition coefficient (Wildman–Crippen LogP) is 0.450. The normalized spacial score (nSPS) is 10.1. The maximum Gasteiger partial charge on any atom is 0.325 e. The lowest BCUT2D eigenvalue weighted by molar-refractivity contribution is -0.137. The molecule has 0 fully saturated rings. The van der Waals surface area contributed by atoms with Crippen LogP contribution < -0.4 is 0 Å². The predicted molar refractivity (Wildman–Crippen MR) is 57.1 cm³/mol. The van der Waals surface area contributed by atoms with Gasteiger partial charge in [0.05, 0.1) is 0 Å². The second-order valence-corrected chi connectivity index (χ2v) is 3.27. The molecule has 1 aromatic rings. The number of hydrogen-bond acceptors (Lipinski definition) is 3. The molecule has 88 valence electrons. The van der Waals surface area contributed by atoms with Crippen LogP contribution in [-0.4, -0.2) is 44.8 Å². The van der Waals surface area contributed by atoms with Crippen LogP contribution in [0.4, 0.5) is 0 Å². The fourth-order valence-electron chi connectivity index (χ4n) is 1.38. The first-order valence-corrected chi connectivity index (χ1v) is 5.13. The molecule has 0 spiro atoms. The highest BCUT2D eigenvalue weighted by Gasteiger charge is 2.15. The zero-order valence-corrected chi connectivity index (χ0v) is 9.38. The highest BCUT2D eigenvalue weighted by molar-refractivity contribution is 5.92. The number of amides is 1. The van der Waals surface area contributed by atoms with Crippen LogP contribution in [0.5, 0.6) is 0 Å². The van der Waals surface area contributed by atoms with Crippen molar-refractivity contribution in [3.63, 3.8) is 0 Å². The smallest absolute Gasteiger partial charge is 0.325 e. The average Bonchev–Trinajstić information content (AvgIpc) is 2.67. The fraction of sp³-hybridized carbons (Fsp3) is 0.500. The Kier molecular flexibility index (Phi) is 4.04. The Bertz CT molecular complexity index is 382. The largest absolute Gasteiger partial charge is 0.480 e. The summed E-state index contributed by atoms with van der Waals surface area (Å²) in [5.41, 5.74) is 0.282. The summed E-state index contributed by atoms with van der Waals surface area (Å²) in [5, 5.41) is 12.5.